The van der Waals surface area contributed by atoms with Gasteiger partial charge in [-0.25, -0.2) is 0 Å². The molecular formula is C31H46N2O5S. The van der Waals surface area contributed by atoms with Crippen molar-refractivity contribution >= 4 is 35.3 Å². The van der Waals surface area contributed by atoms with Crippen molar-refractivity contribution in [1.82, 2.24) is 10.2 Å². The first-order chi connectivity index (χ1) is 18.5. The quantitative estimate of drug-likeness (QED) is 0.242. The zero-order valence-electron chi connectivity index (χ0n) is 24.0. The van der Waals surface area contributed by atoms with Crippen LogP contribution >= 0.6 is 11.8 Å². The molecular weight excluding hydrogens is 512 g/mol. The Bertz CT molecular complexity index is 985. The topological polar surface area (TPSA) is 104 Å². The number of carbonyl (C=O) groups is 4. The fourth-order valence-electron chi connectivity index (χ4n) is 5.60. The van der Waals surface area contributed by atoms with Gasteiger partial charge in [0.15, 0.2) is 0 Å². The van der Waals surface area contributed by atoms with Crippen molar-refractivity contribution in [3.8, 4) is 5.75 Å². The number of ketones is 1. The maximum absolute atomic E-state index is 13.3. The summed E-state index contributed by atoms with van der Waals surface area (Å²) in [7, 11) is 0. The Morgan fingerprint density at radius 2 is 1.72 bits per heavy atom. The number of carbonyl (C=O) groups excluding carboxylic acids is 4. The first kappa shape index (κ1) is 31.2. The average molecular weight is 559 g/mol. The molecule has 3 rings (SSSR count). The van der Waals surface area contributed by atoms with Crippen molar-refractivity contribution in [1.29, 1.82) is 0 Å². The molecule has 0 spiro atoms. The van der Waals surface area contributed by atoms with E-state index in [1.54, 1.807) is 36.0 Å². The van der Waals surface area contributed by atoms with Gasteiger partial charge >= 0.3 is 0 Å². The SMILES string of the molecule is CC(C)CCCSC1CC(=O)N(CC2CCC(C(=O)CC(Cc3ccc(O)cc3)C(=O)NC(C)C)CC2)C1=O. The Kier molecular flexibility index (Phi) is 11.9. The summed E-state index contributed by atoms with van der Waals surface area (Å²) in [4.78, 5) is 53.1. The fraction of sp³-hybridized carbons (Fsp3) is 0.677. The highest BCUT2D eigenvalue weighted by molar-refractivity contribution is 8.00. The summed E-state index contributed by atoms with van der Waals surface area (Å²) in [5.74, 6) is 1.28. The van der Waals surface area contributed by atoms with E-state index in [0.29, 0.717) is 25.3 Å². The minimum atomic E-state index is -0.461. The van der Waals surface area contributed by atoms with Crippen LogP contribution in [0.4, 0.5) is 0 Å². The molecule has 39 heavy (non-hydrogen) atoms. The molecule has 1 aromatic rings. The minimum absolute atomic E-state index is 0.0144. The van der Waals surface area contributed by atoms with Gasteiger partial charge in [0, 0.05) is 37.3 Å². The van der Waals surface area contributed by atoms with Gasteiger partial charge in [0.1, 0.15) is 11.5 Å². The van der Waals surface area contributed by atoms with E-state index in [2.05, 4.69) is 19.2 Å². The van der Waals surface area contributed by atoms with Crippen LogP contribution in [0.3, 0.4) is 0 Å². The van der Waals surface area contributed by atoms with Crippen LogP contribution in [0.1, 0.15) is 84.6 Å². The molecule has 1 aliphatic carbocycles. The van der Waals surface area contributed by atoms with E-state index < -0.39 is 5.92 Å². The van der Waals surface area contributed by atoms with Crippen LogP contribution in [0.2, 0.25) is 0 Å². The molecule has 2 fully saturated rings. The van der Waals surface area contributed by atoms with Crippen LogP contribution in [0.5, 0.6) is 5.75 Å². The van der Waals surface area contributed by atoms with Crippen LogP contribution in [0.25, 0.3) is 0 Å². The molecule has 2 aliphatic rings. The van der Waals surface area contributed by atoms with Crippen LogP contribution in [-0.4, -0.2) is 57.1 Å². The third-order valence-electron chi connectivity index (χ3n) is 7.86. The molecule has 3 amide bonds. The van der Waals surface area contributed by atoms with Gasteiger partial charge in [-0.05, 0) is 87.7 Å². The lowest BCUT2D eigenvalue weighted by atomic mass is 9.77. The second-order valence-corrected chi connectivity index (χ2v) is 13.4. The molecule has 7 nitrogen and oxygen atoms in total. The number of thioether (sulfide) groups is 1. The number of nitrogens with zero attached hydrogens (tertiary/aromatic N) is 1. The van der Waals surface area contributed by atoms with Gasteiger partial charge in [0.05, 0.1) is 5.25 Å². The van der Waals surface area contributed by atoms with Gasteiger partial charge < -0.3 is 10.4 Å². The largest absolute Gasteiger partial charge is 0.508 e. The molecule has 2 N–H and O–H groups in total. The summed E-state index contributed by atoms with van der Waals surface area (Å²) in [5, 5.41) is 12.3. The second kappa shape index (κ2) is 14.9. The van der Waals surface area contributed by atoms with E-state index in [0.717, 1.165) is 49.8 Å². The predicted molar refractivity (Wildman–Crippen MR) is 155 cm³/mol. The van der Waals surface area contributed by atoms with Crippen molar-refractivity contribution in [2.75, 3.05) is 12.3 Å². The standard InChI is InChI=1S/C31H46N2O5S/c1-20(2)6-5-15-39-28-18-29(36)33(31(28)38)19-23-7-11-24(12-8-23)27(35)17-25(30(37)32-21(3)4)16-22-9-13-26(34)14-10-22/h9-10,13-14,20-21,23-25,28,34H,5-8,11-12,15-19H2,1-4H3,(H,32,37). The number of rotatable bonds is 14. The first-order valence-corrected chi connectivity index (χ1v) is 15.6. The van der Waals surface area contributed by atoms with Crippen molar-refractivity contribution in [2.24, 2.45) is 23.7 Å². The smallest absolute Gasteiger partial charge is 0.242 e. The molecule has 1 heterocycles. The number of hydrogen-bond donors (Lipinski definition) is 2. The van der Waals surface area contributed by atoms with E-state index in [1.807, 2.05) is 13.8 Å². The first-order valence-electron chi connectivity index (χ1n) is 14.6. The Morgan fingerprint density at radius 3 is 2.33 bits per heavy atom. The third kappa shape index (κ3) is 9.66. The molecule has 0 radical (unpaired) electrons. The van der Waals surface area contributed by atoms with Gasteiger partial charge in [-0.3, -0.25) is 24.1 Å². The molecule has 1 aliphatic heterocycles. The van der Waals surface area contributed by atoms with Crippen LogP contribution < -0.4 is 5.32 Å². The van der Waals surface area contributed by atoms with E-state index in [1.165, 1.54) is 4.90 Å². The number of Topliss-reactive ketones (excluding diaryl/α,β-unsaturated/α-hetero) is 1. The highest BCUT2D eigenvalue weighted by Crippen LogP contribution is 2.34. The summed E-state index contributed by atoms with van der Waals surface area (Å²) >= 11 is 1.62. The fourth-order valence-corrected chi connectivity index (χ4v) is 6.75. The number of nitrogens with one attached hydrogen (secondary N) is 1. The lowest BCUT2D eigenvalue weighted by Gasteiger charge is -2.30. The molecule has 0 bridgehead atoms. The number of imide groups is 1. The summed E-state index contributed by atoms with van der Waals surface area (Å²) in [5.41, 5.74) is 0.907. The third-order valence-corrected chi connectivity index (χ3v) is 9.15. The zero-order chi connectivity index (χ0) is 28.5. The molecule has 1 saturated heterocycles. The minimum Gasteiger partial charge on any atom is -0.508 e. The summed E-state index contributed by atoms with van der Waals surface area (Å²) in [6.45, 7) is 8.66. The highest BCUT2D eigenvalue weighted by atomic mass is 32.2. The van der Waals surface area contributed by atoms with Gasteiger partial charge in [0.2, 0.25) is 17.7 Å². The maximum atomic E-state index is 13.3. The molecule has 0 aromatic heterocycles. The van der Waals surface area contributed by atoms with Crippen molar-refractivity contribution < 1.29 is 24.3 Å². The molecule has 1 aromatic carbocycles. The Morgan fingerprint density at radius 1 is 1.05 bits per heavy atom. The Balaban J connectivity index is 1.49. The second-order valence-electron chi connectivity index (χ2n) is 12.1. The van der Waals surface area contributed by atoms with Gasteiger partial charge in [-0.15, -0.1) is 11.8 Å². The number of hydrogen-bond acceptors (Lipinski definition) is 6. The van der Waals surface area contributed by atoms with Crippen LogP contribution in [0, 0.1) is 23.7 Å². The van der Waals surface area contributed by atoms with E-state index in [9.17, 15) is 24.3 Å². The summed E-state index contributed by atoms with van der Waals surface area (Å²) in [6, 6.07) is 6.76. The summed E-state index contributed by atoms with van der Waals surface area (Å²) < 4.78 is 0. The number of likely N-dealkylation sites (tertiary alicyclic amines) is 1. The predicted octanol–water partition coefficient (Wildman–Crippen LogP) is 5.14. The van der Waals surface area contributed by atoms with Crippen molar-refractivity contribution in [3.63, 3.8) is 0 Å². The average Bonchev–Trinajstić information content (AvgIpc) is 3.14. The molecule has 8 heteroatoms. The van der Waals surface area contributed by atoms with E-state index in [4.69, 9.17) is 0 Å². The highest BCUT2D eigenvalue weighted by Gasteiger charge is 2.40. The Hall–Kier alpha value is -2.35. The number of phenolic OH excluding ortho intramolecular Hbond substituents is 1. The monoisotopic (exact) mass is 558 g/mol. The molecule has 1 saturated carbocycles. The number of amides is 3. The van der Waals surface area contributed by atoms with Crippen molar-refractivity contribution in [2.45, 2.75) is 96.8 Å². The lowest BCUT2D eigenvalue weighted by Crippen LogP contribution is -2.39. The van der Waals surface area contributed by atoms with Crippen molar-refractivity contribution in [3.05, 3.63) is 29.8 Å². The van der Waals surface area contributed by atoms with Crippen LogP contribution in [0.15, 0.2) is 24.3 Å². The zero-order valence-corrected chi connectivity index (χ0v) is 24.8. The molecule has 2 atom stereocenters. The van der Waals surface area contributed by atoms with E-state index >= 15 is 0 Å². The van der Waals surface area contributed by atoms with Gasteiger partial charge in [0.25, 0.3) is 0 Å². The number of phenols is 1. The number of benzene rings is 1. The van der Waals surface area contributed by atoms with E-state index in [-0.39, 0.29) is 58.8 Å². The summed E-state index contributed by atoms with van der Waals surface area (Å²) in [6.07, 6.45) is 6.20. The lowest BCUT2D eigenvalue weighted by molar-refractivity contribution is -0.139. The number of aromatic hydroxyl groups is 1. The Labute approximate surface area is 237 Å². The maximum Gasteiger partial charge on any atom is 0.242 e. The van der Waals surface area contributed by atoms with Crippen LogP contribution in [-0.2, 0) is 25.6 Å². The molecule has 216 valence electrons. The molecule has 2 unspecified atom stereocenters. The van der Waals surface area contributed by atoms with Gasteiger partial charge in [-0.2, -0.15) is 0 Å². The normalized spacial score (nSPS) is 22.5. The van der Waals surface area contributed by atoms with Gasteiger partial charge in [-0.1, -0.05) is 32.4 Å².